The molecular weight excluding hydrogens is 336 g/mol. The lowest BCUT2D eigenvalue weighted by molar-refractivity contribution is -0.116. The molecule has 1 amide bonds. The number of anilines is 1. The van der Waals surface area contributed by atoms with Crippen LogP contribution in [0.2, 0.25) is 5.02 Å². The summed E-state index contributed by atoms with van der Waals surface area (Å²) in [5.41, 5.74) is 3.49. The van der Waals surface area contributed by atoms with Crippen LogP contribution in [0.25, 0.3) is 6.08 Å². The van der Waals surface area contributed by atoms with Gasteiger partial charge in [-0.05, 0) is 48.2 Å². The van der Waals surface area contributed by atoms with Crippen LogP contribution in [0, 0.1) is 0 Å². The first kappa shape index (κ1) is 17.4. The molecule has 0 radical (unpaired) electrons. The molecule has 0 atom stereocenters. The molecule has 0 saturated carbocycles. The summed E-state index contributed by atoms with van der Waals surface area (Å²) in [7, 11) is 0. The molecule has 1 aliphatic heterocycles. The molecule has 0 spiro atoms. The van der Waals surface area contributed by atoms with Crippen LogP contribution in [-0.2, 0) is 11.2 Å². The minimum atomic E-state index is -0.133. The number of para-hydroxylation sites is 1. The summed E-state index contributed by atoms with van der Waals surface area (Å²) >= 11 is 5.84. The molecule has 0 saturated heterocycles. The first-order valence-electron chi connectivity index (χ1n) is 8.41. The van der Waals surface area contributed by atoms with Crippen molar-refractivity contribution >= 4 is 29.3 Å². The van der Waals surface area contributed by atoms with Gasteiger partial charge in [-0.15, -0.1) is 0 Å². The number of rotatable bonds is 6. The predicted octanol–water partition coefficient (Wildman–Crippen LogP) is 3.63. The normalized spacial score (nSPS) is 13.2. The van der Waals surface area contributed by atoms with Crippen molar-refractivity contribution in [1.82, 2.24) is 5.32 Å². The van der Waals surface area contributed by atoms with Crippen molar-refractivity contribution in [1.29, 1.82) is 0 Å². The van der Waals surface area contributed by atoms with Crippen LogP contribution < -0.4 is 10.2 Å². The Morgan fingerprint density at radius 3 is 2.96 bits per heavy atom. The lowest BCUT2D eigenvalue weighted by Gasteiger charge is -2.19. The Morgan fingerprint density at radius 1 is 1.28 bits per heavy atom. The first-order valence-corrected chi connectivity index (χ1v) is 8.78. The zero-order valence-corrected chi connectivity index (χ0v) is 14.7. The van der Waals surface area contributed by atoms with E-state index in [1.165, 1.54) is 23.4 Å². The molecule has 2 N–H and O–H groups in total. The Hall–Kier alpha value is -2.46. The molecule has 130 valence electrons. The number of aromatic hydroxyl groups is 1. The highest BCUT2D eigenvalue weighted by Gasteiger charge is 2.17. The molecule has 0 fully saturated rings. The molecule has 25 heavy (non-hydrogen) atoms. The Morgan fingerprint density at radius 2 is 2.12 bits per heavy atom. The molecule has 5 heteroatoms. The summed E-state index contributed by atoms with van der Waals surface area (Å²) < 4.78 is 0. The first-order chi connectivity index (χ1) is 12.1. The Bertz CT molecular complexity index is 789. The summed E-state index contributed by atoms with van der Waals surface area (Å²) in [5.74, 6) is -0.0993. The van der Waals surface area contributed by atoms with E-state index >= 15 is 0 Å². The molecule has 2 aromatic carbocycles. The van der Waals surface area contributed by atoms with Crippen LogP contribution in [-0.4, -0.2) is 30.6 Å². The van der Waals surface area contributed by atoms with Gasteiger partial charge in [-0.25, -0.2) is 0 Å². The van der Waals surface area contributed by atoms with Crippen molar-refractivity contribution in [2.75, 3.05) is 24.5 Å². The molecule has 0 aromatic heterocycles. The third-order valence-corrected chi connectivity index (χ3v) is 4.59. The molecule has 0 unspecified atom stereocenters. The van der Waals surface area contributed by atoms with Gasteiger partial charge < -0.3 is 15.3 Å². The van der Waals surface area contributed by atoms with Crippen molar-refractivity contribution in [3.05, 3.63) is 64.7 Å². The van der Waals surface area contributed by atoms with Crippen LogP contribution in [0.15, 0.2) is 48.5 Å². The summed E-state index contributed by atoms with van der Waals surface area (Å²) in [6.45, 7) is 2.63. The van der Waals surface area contributed by atoms with Crippen molar-refractivity contribution < 1.29 is 9.90 Å². The topological polar surface area (TPSA) is 52.6 Å². The number of phenolic OH excluding ortho intramolecular Hbond substituents is 1. The van der Waals surface area contributed by atoms with Crippen LogP contribution in [0.5, 0.6) is 5.75 Å². The lowest BCUT2D eigenvalue weighted by Crippen LogP contribution is -2.28. The largest absolute Gasteiger partial charge is 0.506 e. The van der Waals surface area contributed by atoms with E-state index in [-0.39, 0.29) is 16.7 Å². The van der Waals surface area contributed by atoms with Crippen molar-refractivity contribution in [3.63, 3.8) is 0 Å². The fraction of sp³-hybridized carbons (Fsp3) is 0.250. The maximum absolute atomic E-state index is 11.9. The number of halogens is 1. The van der Waals surface area contributed by atoms with E-state index in [1.807, 2.05) is 0 Å². The summed E-state index contributed by atoms with van der Waals surface area (Å²) in [4.78, 5) is 14.2. The standard InChI is InChI=1S/C20H21ClN2O2/c21-17-14-15(6-8-19(17)24)7-9-20(25)22-11-3-12-23-13-10-16-4-1-2-5-18(16)23/h1-2,4-9,14,24H,3,10-13H2,(H,22,25)/b9-7+. The highest BCUT2D eigenvalue weighted by Crippen LogP contribution is 2.27. The number of phenols is 1. The average molecular weight is 357 g/mol. The second kappa shape index (κ2) is 8.08. The van der Waals surface area contributed by atoms with Gasteiger partial charge in [0.2, 0.25) is 5.91 Å². The number of hydrogen-bond donors (Lipinski definition) is 2. The van der Waals surface area contributed by atoms with Gasteiger partial charge in [0.05, 0.1) is 5.02 Å². The molecule has 1 heterocycles. The number of fused-ring (bicyclic) bond motifs is 1. The maximum Gasteiger partial charge on any atom is 0.244 e. The molecule has 1 aliphatic rings. The molecule has 2 aromatic rings. The lowest BCUT2D eigenvalue weighted by atomic mass is 10.2. The average Bonchev–Trinajstić information content (AvgIpc) is 3.03. The highest BCUT2D eigenvalue weighted by atomic mass is 35.5. The minimum absolute atomic E-state index is 0.0340. The van der Waals surface area contributed by atoms with E-state index in [9.17, 15) is 9.90 Å². The monoisotopic (exact) mass is 356 g/mol. The van der Waals surface area contributed by atoms with Crippen molar-refractivity contribution in [2.24, 2.45) is 0 Å². The maximum atomic E-state index is 11.9. The van der Waals surface area contributed by atoms with Gasteiger partial charge in [0, 0.05) is 31.4 Å². The fourth-order valence-corrected chi connectivity index (χ4v) is 3.17. The van der Waals surface area contributed by atoms with E-state index in [1.54, 1.807) is 18.2 Å². The fourth-order valence-electron chi connectivity index (χ4n) is 2.98. The number of hydrogen-bond acceptors (Lipinski definition) is 3. The number of nitrogens with zero attached hydrogens (tertiary/aromatic N) is 1. The molecule has 0 aliphatic carbocycles. The van der Waals surface area contributed by atoms with Gasteiger partial charge in [-0.2, -0.15) is 0 Å². The van der Waals surface area contributed by atoms with E-state index in [0.717, 1.165) is 31.5 Å². The quantitative estimate of drug-likeness (QED) is 0.614. The Kier molecular flexibility index (Phi) is 5.61. The van der Waals surface area contributed by atoms with Crippen LogP contribution in [0.1, 0.15) is 17.5 Å². The van der Waals surface area contributed by atoms with Gasteiger partial charge in [0.1, 0.15) is 5.75 Å². The predicted molar refractivity (Wildman–Crippen MR) is 102 cm³/mol. The minimum Gasteiger partial charge on any atom is -0.506 e. The van der Waals surface area contributed by atoms with Gasteiger partial charge >= 0.3 is 0 Å². The molecular formula is C20H21ClN2O2. The van der Waals surface area contributed by atoms with Crippen molar-refractivity contribution in [3.8, 4) is 5.75 Å². The van der Waals surface area contributed by atoms with E-state index in [4.69, 9.17) is 11.6 Å². The second-order valence-corrected chi connectivity index (χ2v) is 6.46. The second-order valence-electron chi connectivity index (χ2n) is 6.05. The third-order valence-electron chi connectivity index (χ3n) is 4.29. The third kappa shape index (κ3) is 4.54. The summed E-state index contributed by atoms with van der Waals surface area (Å²) in [6.07, 6.45) is 5.16. The SMILES string of the molecule is O=C(/C=C/c1ccc(O)c(Cl)c1)NCCCN1CCc2ccccc21. The summed E-state index contributed by atoms with van der Waals surface area (Å²) in [6, 6.07) is 13.3. The smallest absolute Gasteiger partial charge is 0.244 e. The molecule has 3 rings (SSSR count). The number of carbonyl (C=O) groups is 1. The Labute approximate surface area is 152 Å². The van der Waals surface area contributed by atoms with Crippen LogP contribution >= 0.6 is 11.6 Å². The van der Waals surface area contributed by atoms with Gasteiger partial charge in [-0.1, -0.05) is 35.9 Å². The highest BCUT2D eigenvalue weighted by molar-refractivity contribution is 6.32. The number of nitrogens with one attached hydrogen (secondary N) is 1. The van der Waals surface area contributed by atoms with Gasteiger partial charge in [-0.3, -0.25) is 4.79 Å². The van der Waals surface area contributed by atoms with E-state index in [0.29, 0.717) is 6.54 Å². The van der Waals surface area contributed by atoms with Gasteiger partial charge in [0.15, 0.2) is 0 Å². The number of amides is 1. The zero-order chi connectivity index (χ0) is 17.6. The number of carbonyl (C=O) groups excluding carboxylic acids is 1. The van der Waals surface area contributed by atoms with Gasteiger partial charge in [0.25, 0.3) is 0 Å². The Balaban J connectivity index is 1.41. The molecule has 4 nitrogen and oxygen atoms in total. The summed E-state index contributed by atoms with van der Waals surface area (Å²) in [5, 5.41) is 12.5. The van der Waals surface area contributed by atoms with Crippen LogP contribution in [0.3, 0.4) is 0 Å². The van der Waals surface area contributed by atoms with E-state index < -0.39 is 0 Å². The van der Waals surface area contributed by atoms with Crippen molar-refractivity contribution in [2.45, 2.75) is 12.8 Å². The van der Waals surface area contributed by atoms with E-state index in [2.05, 4.69) is 34.5 Å². The number of benzene rings is 2. The zero-order valence-electron chi connectivity index (χ0n) is 13.9. The van der Waals surface area contributed by atoms with Crippen LogP contribution in [0.4, 0.5) is 5.69 Å². The molecule has 0 bridgehead atoms.